The van der Waals surface area contributed by atoms with Crippen LogP contribution in [0.1, 0.15) is 39.5 Å². The lowest BCUT2D eigenvalue weighted by Crippen LogP contribution is -2.59. The number of rotatable bonds is 4. The van der Waals surface area contributed by atoms with Crippen LogP contribution < -0.4 is 11.1 Å². The average molecular weight is 296 g/mol. The van der Waals surface area contributed by atoms with E-state index in [9.17, 15) is 9.59 Å². The van der Waals surface area contributed by atoms with Crippen molar-refractivity contribution in [1.29, 1.82) is 0 Å². The summed E-state index contributed by atoms with van der Waals surface area (Å²) in [7, 11) is 0. The van der Waals surface area contributed by atoms with Crippen LogP contribution in [0, 0.1) is 0 Å². The van der Waals surface area contributed by atoms with Crippen LogP contribution in [0.4, 0.5) is 0 Å². The maximum atomic E-state index is 12.5. The number of hydrogen-bond acceptors (Lipinski definition) is 4. The third-order valence-electron chi connectivity index (χ3n) is 4.40. The summed E-state index contributed by atoms with van der Waals surface area (Å²) >= 11 is 0. The molecule has 1 saturated heterocycles. The SMILES string of the molecule is CC(C)NC(=O)CN1CCN(C(=O)C2(N)CCCC2)CC1. The number of hydrogen-bond donors (Lipinski definition) is 2. The fraction of sp³-hybridized carbons (Fsp3) is 0.867. The van der Waals surface area contributed by atoms with E-state index < -0.39 is 5.54 Å². The standard InChI is InChI=1S/C15H28N4O2/c1-12(2)17-13(20)11-18-7-9-19(10-8-18)14(21)15(16)5-3-4-6-15/h12H,3-11,16H2,1-2H3,(H,17,20). The number of nitrogens with zero attached hydrogens (tertiary/aromatic N) is 2. The van der Waals surface area contributed by atoms with Gasteiger partial charge in [0.1, 0.15) is 0 Å². The fourth-order valence-electron chi connectivity index (χ4n) is 3.21. The van der Waals surface area contributed by atoms with Gasteiger partial charge in [0.2, 0.25) is 11.8 Å². The van der Waals surface area contributed by atoms with Gasteiger partial charge in [0, 0.05) is 32.2 Å². The van der Waals surface area contributed by atoms with Crippen molar-refractivity contribution in [1.82, 2.24) is 15.1 Å². The van der Waals surface area contributed by atoms with E-state index in [1.54, 1.807) is 0 Å². The van der Waals surface area contributed by atoms with Crippen molar-refractivity contribution in [3.05, 3.63) is 0 Å². The van der Waals surface area contributed by atoms with Gasteiger partial charge in [0.05, 0.1) is 12.1 Å². The minimum Gasteiger partial charge on any atom is -0.353 e. The van der Waals surface area contributed by atoms with Gasteiger partial charge in [-0.1, -0.05) is 12.8 Å². The predicted octanol–water partition coefficient (Wildman–Crippen LogP) is -0.0733. The molecule has 2 fully saturated rings. The van der Waals surface area contributed by atoms with E-state index >= 15 is 0 Å². The first kappa shape index (κ1) is 16.2. The lowest BCUT2D eigenvalue weighted by atomic mass is 9.97. The lowest BCUT2D eigenvalue weighted by molar-refractivity contribution is -0.138. The quantitative estimate of drug-likeness (QED) is 0.761. The Balaban J connectivity index is 1.78. The maximum Gasteiger partial charge on any atom is 0.242 e. The molecule has 6 heteroatoms. The van der Waals surface area contributed by atoms with E-state index in [2.05, 4.69) is 10.2 Å². The summed E-state index contributed by atoms with van der Waals surface area (Å²) in [6.45, 7) is 7.15. The summed E-state index contributed by atoms with van der Waals surface area (Å²) in [4.78, 5) is 28.2. The Morgan fingerprint density at radius 2 is 1.71 bits per heavy atom. The molecule has 0 atom stereocenters. The zero-order valence-corrected chi connectivity index (χ0v) is 13.2. The molecule has 0 aromatic rings. The molecule has 1 aliphatic heterocycles. The molecular formula is C15H28N4O2. The molecule has 21 heavy (non-hydrogen) atoms. The molecule has 0 spiro atoms. The largest absolute Gasteiger partial charge is 0.353 e. The van der Waals surface area contributed by atoms with Gasteiger partial charge >= 0.3 is 0 Å². The summed E-state index contributed by atoms with van der Waals surface area (Å²) in [5.41, 5.74) is 5.61. The van der Waals surface area contributed by atoms with Crippen LogP contribution in [-0.2, 0) is 9.59 Å². The first-order chi connectivity index (χ1) is 9.90. The van der Waals surface area contributed by atoms with E-state index in [1.807, 2.05) is 18.7 Å². The Hall–Kier alpha value is -1.14. The van der Waals surface area contributed by atoms with Gasteiger partial charge in [-0.2, -0.15) is 0 Å². The molecule has 0 aromatic carbocycles. The molecule has 6 nitrogen and oxygen atoms in total. The van der Waals surface area contributed by atoms with Crippen molar-refractivity contribution in [2.24, 2.45) is 5.73 Å². The van der Waals surface area contributed by atoms with E-state index in [1.165, 1.54) is 0 Å². The van der Waals surface area contributed by atoms with Crippen LogP contribution in [0.2, 0.25) is 0 Å². The topological polar surface area (TPSA) is 78.7 Å². The smallest absolute Gasteiger partial charge is 0.242 e. The van der Waals surface area contributed by atoms with Crippen LogP contribution >= 0.6 is 0 Å². The molecule has 1 heterocycles. The normalized spacial score (nSPS) is 22.6. The van der Waals surface area contributed by atoms with E-state index in [-0.39, 0.29) is 17.9 Å². The summed E-state index contributed by atoms with van der Waals surface area (Å²) in [5, 5.41) is 2.89. The van der Waals surface area contributed by atoms with Gasteiger partial charge in [-0.3, -0.25) is 14.5 Å². The number of nitrogens with one attached hydrogen (secondary N) is 1. The molecule has 2 amide bonds. The molecule has 0 aromatic heterocycles. The Bertz CT molecular complexity index is 383. The van der Waals surface area contributed by atoms with Crippen LogP contribution in [0.5, 0.6) is 0 Å². The number of carbonyl (C=O) groups is 2. The van der Waals surface area contributed by atoms with Crippen LogP contribution in [0.15, 0.2) is 0 Å². The second-order valence-corrected chi connectivity index (χ2v) is 6.65. The van der Waals surface area contributed by atoms with Crippen LogP contribution in [0.3, 0.4) is 0 Å². The number of piperazine rings is 1. The molecule has 0 bridgehead atoms. The van der Waals surface area contributed by atoms with Gasteiger partial charge in [0.15, 0.2) is 0 Å². The first-order valence-electron chi connectivity index (χ1n) is 8.01. The van der Waals surface area contributed by atoms with Gasteiger partial charge in [-0.15, -0.1) is 0 Å². The third kappa shape index (κ3) is 4.17. The lowest BCUT2D eigenvalue weighted by Gasteiger charge is -2.38. The monoisotopic (exact) mass is 296 g/mol. The number of nitrogens with two attached hydrogens (primary N) is 1. The minimum atomic E-state index is -0.628. The molecule has 2 aliphatic rings. The molecule has 1 aliphatic carbocycles. The molecule has 2 rings (SSSR count). The number of amides is 2. The highest BCUT2D eigenvalue weighted by atomic mass is 16.2. The molecular weight excluding hydrogens is 268 g/mol. The summed E-state index contributed by atoms with van der Waals surface area (Å²) < 4.78 is 0. The molecule has 3 N–H and O–H groups in total. The van der Waals surface area contributed by atoms with Gasteiger partial charge in [0.25, 0.3) is 0 Å². The maximum absolute atomic E-state index is 12.5. The second-order valence-electron chi connectivity index (χ2n) is 6.65. The highest BCUT2D eigenvalue weighted by Gasteiger charge is 2.40. The molecule has 1 saturated carbocycles. The fourth-order valence-corrected chi connectivity index (χ4v) is 3.21. The molecule has 120 valence electrons. The van der Waals surface area contributed by atoms with Crippen molar-refractivity contribution in [3.63, 3.8) is 0 Å². The second kappa shape index (κ2) is 6.75. The number of carbonyl (C=O) groups excluding carboxylic acids is 2. The van der Waals surface area contributed by atoms with Crippen molar-refractivity contribution in [3.8, 4) is 0 Å². The summed E-state index contributed by atoms with van der Waals surface area (Å²) in [5.74, 6) is 0.155. The van der Waals surface area contributed by atoms with E-state index in [4.69, 9.17) is 5.73 Å². The zero-order valence-electron chi connectivity index (χ0n) is 13.2. The van der Waals surface area contributed by atoms with Crippen molar-refractivity contribution >= 4 is 11.8 Å². The Labute approximate surface area is 127 Å². The van der Waals surface area contributed by atoms with Crippen molar-refractivity contribution in [2.75, 3.05) is 32.7 Å². The van der Waals surface area contributed by atoms with E-state index in [0.717, 1.165) is 38.8 Å². The zero-order chi connectivity index (χ0) is 15.5. The van der Waals surface area contributed by atoms with Crippen LogP contribution in [0.25, 0.3) is 0 Å². The van der Waals surface area contributed by atoms with Crippen molar-refractivity contribution < 1.29 is 9.59 Å². The summed E-state index contributed by atoms with van der Waals surface area (Å²) in [6, 6.07) is 0.167. The highest BCUT2D eigenvalue weighted by Crippen LogP contribution is 2.29. The van der Waals surface area contributed by atoms with E-state index in [0.29, 0.717) is 19.6 Å². The Kier molecular flexibility index (Phi) is 5.22. The average Bonchev–Trinajstić information content (AvgIpc) is 2.86. The van der Waals surface area contributed by atoms with Gasteiger partial charge in [-0.05, 0) is 26.7 Å². The summed E-state index contributed by atoms with van der Waals surface area (Å²) in [6.07, 6.45) is 3.72. The highest BCUT2D eigenvalue weighted by molar-refractivity contribution is 5.86. The molecule has 0 unspecified atom stereocenters. The van der Waals surface area contributed by atoms with Crippen molar-refractivity contribution in [2.45, 2.75) is 51.1 Å². The third-order valence-corrected chi connectivity index (χ3v) is 4.40. The predicted molar refractivity (Wildman–Crippen MR) is 81.7 cm³/mol. The molecule has 0 radical (unpaired) electrons. The van der Waals surface area contributed by atoms with Gasteiger partial charge < -0.3 is 16.0 Å². The Morgan fingerprint density at radius 1 is 1.14 bits per heavy atom. The Morgan fingerprint density at radius 3 is 2.24 bits per heavy atom. The first-order valence-corrected chi connectivity index (χ1v) is 8.01. The van der Waals surface area contributed by atoms with Gasteiger partial charge in [-0.25, -0.2) is 0 Å². The minimum absolute atomic E-state index is 0.0517. The van der Waals surface area contributed by atoms with Crippen LogP contribution in [-0.4, -0.2) is 65.9 Å².